The summed E-state index contributed by atoms with van der Waals surface area (Å²) in [5.41, 5.74) is 2.17. The molecule has 0 spiro atoms. The van der Waals surface area contributed by atoms with Crippen LogP contribution in [-0.2, 0) is 11.3 Å². The summed E-state index contributed by atoms with van der Waals surface area (Å²) in [6.45, 7) is -0.0489. The molecule has 1 amide bonds. The Balaban J connectivity index is 1.67. The monoisotopic (exact) mass is 390 g/mol. The average Bonchev–Trinajstić information content (AvgIpc) is 2.77. The summed E-state index contributed by atoms with van der Waals surface area (Å²) in [5, 5.41) is 23.1. The van der Waals surface area contributed by atoms with Crippen molar-refractivity contribution >= 4 is 6.41 Å². The Morgan fingerprint density at radius 2 is 1.79 bits per heavy atom. The number of nitriles is 1. The number of benzene rings is 2. The van der Waals surface area contributed by atoms with Crippen molar-refractivity contribution in [1.29, 1.82) is 5.26 Å². The van der Waals surface area contributed by atoms with E-state index in [2.05, 4.69) is 11.2 Å². The highest BCUT2D eigenvalue weighted by Gasteiger charge is 2.18. The molecule has 1 aromatic heterocycles. The SMILES string of the molecule is N#Cc1ccc(-c2ccc(OCC(Cn3ncccc3=O)N(O)C=O)cc2)cc1. The lowest BCUT2D eigenvalue weighted by Crippen LogP contribution is -2.42. The van der Waals surface area contributed by atoms with Gasteiger partial charge in [-0.3, -0.25) is 14.8 Å². The number of carbonyl (C=O) groups is 1. The molecule has 0 saturated carbocycles. The Bertz CT molecular complexity index is 1060. The zero-order chi connectivity index (χ0) is 20.6. The Morgan fingerprint density at radius 1 is 1.14 bits per heavy atom. The van der Waals surface area contributed by atoms with Crippen LogP contribution in [0.1, 0.15) is 5.56 Å². The third-order valence-electron chi connectivity index (χ3n) is 4.30. The van der Waals surface area contributed by atoms with E-state index >= 15 is 0 Å². The van der Waals surface area contributed by atoms with Gasteiger partial charge in [0.25, 0.3) is 5.56 Å². The molecule has 8 heteroatoms. The molecule has 0 bridgehead atoms. The standard InChI is InChI=1S/C21H18N4O4/c22-12-16-3-5-17(6-4-16)18-7-9-20(10-8-18)29-14-19(25(28)15-26)13-24-21(27)2-1-11-23-24/h1-11,15,19,28H,13-14H2. The molecule has 0 aliphatic heterocycles. The third-order valence-corrected chi connectivity index (χ3v) is 4.30. The van der Waals surface area contributed by atoms with Crippen LogP contribution in [0.15, 0.2) is 71.7 Å². The number of hydrogen-bond acceptors (Lipinski definition) is 6. The first-order valence-electron chi connectivity index (χ1n) is 8.79. The second-order valence-electron chi connectivity index (χ2n) is 6.21. The van der Waals surface area contributed by atoms with Gasteiger partial charge in [-0.15, -0.1) is 0 Å². The second kappa shape index (κ2) is 9.30. The molecular formula is C21H18N4O4. The van der Waals surface area contributed by atoms with Gasteiger partial charge in [0.1, 0.15) is 18.4 Å². The molecule has 2 aromatic carbocycles. The Kier molecular flexibility index (Phi) is 6.35. The van der Waals surface area contributed by atoms with Crippen molar-refractivity contribution in [3.8, 4) is 22.9 Å². The molecule has 0 radical (unpaired) electrons. The van der Waals surface area contributed by atoms with Gasteiger partial charge in [0.05, 0.1) is 18.2 Å². The first kappa shape index (κ1) is 19.8. The predicted octanol–water partition coefficient (Wildman–Crippen LogP) is 2.08. The molecule has 29 heavy (non-hydrogen) atoms. The van der Waals surface area contributed by atoms with Crippen molar-refractivity contribution in [2.24, 2.45) is 0 Å². The minimum atomic E-state index is -0.793. The van der Waals surface area contributed by atoms with Gasteiger partial charge in [-0.1, -0.05) is 24.3 Å². The second-order valence-corrected chi connectivity index (χ2v) is 6.21. The maximum Gasteiger partial charge on any atom is 0.266 e. The highest BCUT2D eigenvalue weighted by Crippen LogP contribution is 2.23. The molecule has 1 atom stereocenters. The van der Waals surface area contributed by atoms with Gasteiger partial charge in [0.15, 0.2) is 0 Å². The number of rotatable bonds is 8. The van der Waals surface area contributed by atoms with E-state index < -0.39 is 6.04 Å². The van der Waals surface area contributed by atoms with Crippen LogP contribution in [0.25, 0.3) is 11.1 Å². The molecule has 8 nitrogen and oxygen atoms in total. The van der Waals surface area contributed by atoms with Crippen LogP contribution < -0.4 is 10.3 Å². The third kappa shape index (κ3) is 5.06. The van der Waals surface area contributed by atoms with Crippen molar-refractivity contribution in [2.75, 3.05) is 6.61 Å². The molecule has 0 aliphatic carbocycles. The van der Waals surface area contributed by atoms with Crippen LogP contribution in [0.2, 0.25) is 0 Å². The summed E-state index contributed by atoms with van der Waals surface area (Å²) < 4.78 is 6.83. The topological polar surface area (TPSA) is 108 Å². The first-order chi connectivity index (χ1) is 14.1. The lowest BCUT2D eigenvalue weighted by atomic mass is 10.0. The summed E-state index contributed by atoms with van der Waals surface area (Å²) in [6.07, 6.45) is 1.71. The van der Waals surface area contributed by atoms with Gasteiger partial charge in [0.2, 0.25) is 6.41 Å². The van der Waals surface area contributed by atoms with Crippen molar-refractivity contribution in [2.45, 2.75) is 12.6 Å². The average molecular weight is 390 g/mol. The Labute approximate surface area is 166 Å². The minimum absolute atomic E-state index is 0.0156. The lowest BCUT2D eigenvalue weighted by Gasteiger charge is -2.23. The van der Waals surface area contributed by atoms with Crippen LogP contribution >= 0.6 is 0 Å². The van der Waals surface area contributed by atoms with Crippen LogP contribution in [0.4, 0.5) is 0 Å². The van der Waals surface area contributed by atoms with Crippen molar-refractivity contribution < 1.29 is 14.7 Å². The van der Waals surface area contributed by atoms with E-state index in [1.165, 1.54) is 18.3 Å². The van der Waals surface area contributed by atoms with Crippen LogP contribution in [0.5, 0.6) is 5.75 Å². The van der Waals surface area contributed by atoms with E-state index in [9.17, 15) is 14.8 Å². The number of hydrogen-bond donors (Lipinski definition) is 1. The van der Waals surface area contributed by atoms with E-state index in [4.69, 9.17) is 10.00 Å². The highest BCUT2D eigenvalue weighted by molar-refractivity contribution is 5.64. The van der Waals surface area contributed by atoms with Crippen molar-refractivity contribution in [3.05, 3.63) is 82.8 Å². The first-order valence-corrected chi connectivity index (χ1v) is 8.79. The predicted molar refractivity (Wildman–Crippen MR) is 104 cm³/mol. The Hall–Kier alpha value is -3.96. The normalized spacial score (nSPS) is 11.3. The number of amides is 1. The Morgan fingerprint density at radius 3 is 2.38 bits per heavy atom. The fraction of sp³-hybridized carbons (Fsp3) is 0.143. The molecule has 3 aromatic rings. The van der Waals surface area contributed by atoms with Gasteiger partial charge in [0, 0.05) is 12.3 Å². The van der Waals surface area contributed by atoms with Crippen LogP contribution in [0, 0.1) is 11.3 Å². The summed E-state index contributed by atoms with van der Waals surface area (Å²) in [4.78, 5) is 22.8. The van der Waals surface area contributed by atoms with Gasteiger partial charge >= 0.3 is 0 Å². The van der Waals surface area contributed by atoms with Gasteiger partial charge in [-0.2, -0.15) is 10.4 Å². The van der Waals surface area contributed by atoms with E-state index in [1.807, 2.05) is 24.3 Å². The van der Waals surface area contributed by atoms with E-state index in [1.54, 1.807) is 24.3 Å². The van der Waals surface area contributed by atoms with Gasteiger partial charge in [-0.25, -0.2) is 9.75 Å². The summed E-state index contributed by atoms with van der Waals surface area (Å²) in [5.74, 6) is 0.542. The van der Waals surface area contributed by atoms with Gasteiger partial charge < -0.3 is 4.74 Å². The number of hydroxylamine groups is 2. The number of nitrogens with zero attached hydrogens (tertiary/aromatic N) is 4. The number of aromatic nitrogens is 2. The zero-order valence-electron chi connectivity index (χ0n) is 15.4. The van der Waals surface area contributed by atoms with E-state index in [-0.39, 0.29) is 25.1 Å². The van der Waals surface area contributed by atoms with E-state index in [0.29, 0.717) is 16.4 Å². The van der Waals surface area contributed by atoms with E-state index in [0.717, 1.165) is 15.8 Å². The lowest BCUT2D eigenvalue weighted by molar-refractivity contribution is -0.164. The zero-order valence-corrected chi connectivity index (χ0v) is 15.4. The summed E-state index contributed by atoms with van der Waals surface area (Å²) >= 11 is 0. The molecule has 0 saturated heterocycles. The molecule has 146 valence electrons. The van der Waals surface area contributed by atoms with Crippen molar-refractivity contribution in [3.63, 3.8) is 0 Å². The largest absolute Gasteiger partial charge is 0.491 e. The maximum atomic E-state index is 11.8. The highest BCUT2D eigenvalue weighted by atomic mass is 16.5. The molecule has 0 fully saturated rings. The number of ether oxygens (including phenoxy) is 1. The fourth-order valence-corrected chi connectivity index (χ4v) is 2.70. The quantitative estimate of drug-likeness (QED) is 0.358. The van der Waals surface area contributed by atoms with Crippen LogP contribution in [0.3, 0.4) is 0 Å². The molecule has 3 rings (SSSR count). The fourth-order valence-electron chi connectivity index (χ4n) is 2.70. The molecular weight excluding hydrogens is 372 g/mol. The minimum Gasteiger partial charge on any atom is -0.491 e. The van der Waals surface area contributed by atoms with Gasteiger partial charge in [-0.05, 0) is 41.5 Å². The van der Waals surface area contributed by atoms with Crippen LogP contribution in [-0.4, -0.2) is 39.1 Å². The molecule has 1 N–H and O–H groups in total. The molecule has 1 heterocycles. The summed E-state index contributed by atoms with van der Waals surface area (Å²) in [6, 6.07) is 18.6. The maximum absolute atomic E-state index is 11.8. The molecule has 1 unspecified atom stereocenters. The van der Waals surface area contributed by atoms with Crippen molar-refractivity contribution in [1.82, 2.24) is 14.8 Å². The summed E-state index contributed by atoms with van der Waals surface area (Å²) in [7, 11) is 0. The number of carbonyl (C=O) groups excluding carboxylic acids is 1. The smallest absolute Gasteiger partial charge is 0.266 e. The molecule has 0 aliphatic rings.